The number of benzene rings is 1. The van der Waals surface area contributed by atoms with Gasteiger partial charge in [-0.15, -0.1) is 10.2 Å². The van der Waals surface area contributed by atoms with Crippen molar-refractivity contribution in [2.45, 2.75) is 6.42 Å². The van der Waals surface area contributed by atoms with Crippen molar-refractivity contribution >= 4 is 21.8 Å². The van der Waals surface area contributed by atoms with Crippen molar-refractivity contribution in [2.75, 3.05) is 6.54 Å². The second-order valence-corrected chi connectivity index (χ2v) is 4.26. The number of amides is 1. The SMILES string of the molecule is O=C(NCCc1nn[nH]n1)c1ccc(Br)cc1. The Bertz CT molecular complexity index is 482. The number of nitrogens with one attached hydrogen (secondary N) is 2. The lowest BCUT2D eigenvalue weighted by Crippen LogP contribution is -2.25. The summed E-state index contributed by atoms with van der Waals surface area (Å²) in [4.78, 5) is 11.7. The molecule has 7 heteroatoms. The number of aromatic nitrogens is 4. The Morgan fingerprint density at radius 3 is 2.76 bits per heavy atom. The number of rotatable bonds is 4. The van der Waals surface area contributed by atoms with Gasteiger partial charge in [0.2, 0.25) is 0 Å². The predicted molar refractivity (Wildman–Crippen MR) is 64.4 cm³/mol. The van der Waals surface area contributed by atoms with Gasteiger partial charge in [0.15, 0.2) is 5.82 Å². The van der Waals surface area contributed by atoms with Crippen molar-refractivity contribution in [3.05, 3.63) is 40.1 Å². The van der Waals surface area contributed by atoms with E-state index < -0.39 is 0 Å². The average Bonchev–Trinajstić information content (AvgIpc) is 2.83. The first-order valence-electron chi connectivity index (χ1n) is 5.02. The number of aromatic amines is 1. The summed E-state index contributed by atoms with van der Waals surface area (Å²) >= 11 is 3.31. The van der Waals surface area contributed by atoms with Gasteiger partial charge in [0.05, 0.1) is 0 Å². The summed E-state index contributed by atoms with van der Waals surface area (Å²) < 4.78 is 0.945. The molecule has 1 amide bonds. The minimum absolute atomic E-state index is 0.110. The van der Waals surface area contributed by atoms with Gasteiger partial charge in [0.25, 0.3) is 5.91 Å². The Morgan fingerprint density at radius 1 is 1.35 bits per heavy atom. The number of tetrazole rings is 1. The molecule has 0 aliphatic carbocycles. The molecule has 1 heterocycles. The fraction of sp³-hybridized carbons (Fsp3) is 0.200. The summed E-state index contributed by atoms with van der Waals surface area (Å²) in [6.45, 7) is 0.481. The maximum absolute atomic E-state index is 11.7. The van der Waals surface area contributed by atoms with E-state index in [-0.39, 0.29) is 5.91 Å². The van der Waals surface area contributed by atoms with E-state index >= 15 is 0 Å². The Hall–Kier alpha value is -1.76. The summed E-state index contributed by atoms with van der Waals surface area (Å²) in [5.74, 6) is 0.474. The van der Waals surface area contributed by atoms with Gasteiger partial charge in [-0.25, -0.2) is 0 Å². The third kappa shape index (κ3) is 3.35. The molecule has 17 heavy (non-hydrogen) atoms. The van der Waals surface area contributed by atoms with Gasteiger partial charge >= 0.3 is 0 Å². The van der Waals surface area contributed by atoms with Crippen molar-refractivity contribution in [1.29, 1.82) is 0 Å². The standard InChI is InChI=1S/C10H10BrN5O/c11-8-3-1-7(2-4-8)10(17)12-6-5-9-13-15-16-14-9/h1-4H,5-6H2,(H,12,17)(H,13,14,15,16). The summed E-state index contributed by atoms with van der Waals surface area (Å²) in [6, 6.07) is 7.17. The molecule has 0 unspecified atom stereocenters. The molecule has 0 radical (unpaired) electrons. The van der Waals surface area contributed by atoms with Crippen molar-refractivity contribution in [3.63, 3.8) is 0 Å². The third-order valence-corrected chi connectivity index (χ3v) is 2.66. The summed E-state index contributed by atoms with van der Waals surface area (Å²) in [6.07, 6.45) is 0.554. The number of hydrogen-bond donors (Lipinski definition) is 2. The molecule has 1 aromatic carbocycles. The van der Waals surface area contributed by atoms with Crippen LogP contribution in [0.5, 0.6) is 0 Å². The molecular formula is C10H10BrN5O. The molecular weight excluding hydrogens is 286 g/mol. The molecule has 6 nitrogen and oxygen atoms in total. The van der Waals surface area contributed by atoms with Gasteiger partial charge in [-0.2, -0.15) is 5.21 Å². The zero-order valence-corrected chi connectivity index (χ0v) is 10.4. The third-order valence-electron chi connectivity index (χ3n) is 2.13. The van der Waals surface area contributed by atoms with Crippen LogP contribution in [0.4, 0.5) is 0 Å². The number of carbonyl (C=O) groups is 1. The van der Waals surface area contributed by atoms with Crippen LogP contribution in [0.2, 0.25) is 0 Å². The van der Waals surface area contributed by atoms with Crippen molar-refractivity contribution in [2.24, 2.45) is 0 Å². The normalized spacial score (nSPS) is 10.2. The number of H-pyrrole nitrogens is 1. The number of hydrogen-bond acceptors (Lipinski definition) is 4. The van der Waals surface area contributed by atoms with Crippen LogP contribution in [0.25, 0.3) is 0 Å². The molecule has 0 saturated carbocycles. The highest BCUT2D eigenvalue weighted by molar-refractivity contribution is 9.10. The molecule has 88 valence electrons. The molecule has 0 fully saturated rings. The highest BCUT2D eigenvalue weighted by Gasteiger charge is 2.05. The lowest BCUT2D eigenvalue weighted by atomic mass is 10.2. The van der Waals surface area contributed by atoms with E-state index in [0.717, 1.165) is 4.47 Å². The first-order chi connectivity index (χ1) is 8.25. The van der Waals surface area contributed by atoms with E-state index in [1.54, 1.807) is 12.1 Å². The van der Waals surface area contributed by atoms with Gasteiger partial charge in [0, 0.05) is 23.0 Å². The first-order valence-corrected chi connectivity index (χ1v) is 5.81. The van der Waals surface area contributed by atoms with Crippen LogP contribution in [0.1, 0.15) is 16.2 Å². The molecule has 0 aliphatic rings. The van der Waals surface area contributed by atoms with Crippen molar-refractivity contribution in [3.8, 4) is 0 Å². The largest absolute Gasteiger partial charge is 0.352 e. The Balaban J connectivity index is 1.83. The second kappa shape index (κ2) is 5.53. The zero-order valence-electron chi connectivity index (χ0n) is 8.85. The van der Waals surface area contributed by atoms with Gasteiger partial charge in [-0.05, 0) is 24.3 Å². The van der Waals surface area contributed by atoms with Gasteiger partial charge in [0.1, 0.15) is 0 Å². The number of halogens is 1. The van der Waals surface area contributed by atoms with Crippen LogP contribution in [0, 0.1) is 0 Å². The highest BCUT2D eigenvalue weighted by atomic mass is 79.9. The van der Waals surface area contributed by atoms with Crippen LogP contribution in [0.3, 0.4) is 0 Å². The fourth-order valence-corrected chi connectivity index (χ4v) is 1.54. The molecule has 2 N–H and O–H groups in total. The quantitative estimate of drug-likeness (QED) is 0.879. The van der Waals surface area contributed by atoms with Crippen LogP contribution in [0.15, 0.2) is 28.7 Å². The molecule has 0 spiro atoms. The fourth-order valence-electron chi connectivity index (χ4n) is 1.28. The second-order valence-electron chi connectivity index (χ2n) is 3.34. The summed E-state index contributed by atoms with van der Waals surface area (Å²) in [7, 11) is 0. The van der Waals surface area contributed by atoms with Gasteiger partial charge in [-0.3, -0.25) is 4.79 Å². The van der Waals surface area contributed by atoms with Crippen LogP contribution >= 0.6 is 15.9 Å². The molecule has 2 aromatic rings. The Morgan fingerprint density at radius 2 is 2.12 bits per heavy atom. The minimum Gasteiger partial charge on any atom is -0.352 e. The predicted octanol–water partition coefficient (Wildman–Crippen LogP) is 0.935. The highest BCUT2D eigenvalue weighted by Crippen LogP contribution is 2.10. The van der Waals surface area contributed by atoms with E-state index in [2.05, 4.69) is 41.9 Å². The molecule has 1 aromatic heterocycles. The number of nitrogens with zero attached hydrogens (tertiary/aromatic N) is 3. The minimum atomic E-state index is -0.110. The van der Waals surface area contributed by atoms with E-state index in [1.807, 2.05) is 12.1 Å². The monoisotopic (exact) mass is 295 g/mol. The smallest absolute Gasteiger partial charge is 0.251 e. The van der Waals surface area contributed by atoms with Crippen molar-refractivity contribution in [1.82, 2.24) is 25.9 Å². The maximum Gasteiger partial charge on any atom is 0.251 e. The summed E-state index contributed by atoms with van der Waals surface area (Å²) in [5.41, 5.74) is 0.626. The molecule has 0 aliphatic heterocycles. The Kier molecular flexibility index (Phi) is 3.81. The zero-order chi connectivity index (χ0) is 12.1. The first kappa shape index (κ1) is 11.7. The molecule has 0 atom stereocenters. The summed E-state index contributed by atoms with van der Waals surface area (Å²) in [5, 5.41) is 16.2. The molecule has 2 rings (SSSR count). The Labute approximate surface area is 106 Å². The van der Waals surface area contributed by atoms with E-state index in [1.165, 1.54) is 0 Å². The van der Waals surface area contributed by atoms with Gasteiger partial charge < -0.3 is 5.32 Å². The molecule has 0 bridgehead atoms. The van der Waals surface area contributed by atoms with Gasteiger partial charge in [-0.1, -0.05) is 21.1 Å². The topological polar surface area (TPSA) is 83.6 Å². The average molecular weight is 296 g/mol. The van der Waals surface area contributed by atoms with E-state index in [0.29, 0.717) is 24.4 Å². The maximum atomic E-state index is 11.7. The number of carbonyl (C=O) groups excluding carboxylic acids is 1. The lowest BCUT2D eigenvalue weighted by Gasteiger charge is -2.03. The van der Waals surface area contributed by atoms with E-state index in [4.69, 9.17) is 0 Å². The lowest BCUT2D eigenvalue weighted by molar-refractivity contribution is 0.0954. The van der Waals surface area contributed by atoms with Crippen LogP contribution in [-0.2, 0) is 6.42 Å². The van der Waals surface area contributed by atoms with Crippen molar-refractivity contribution < 1.29 is 4.79 Å². The van der Waals surface area contributed by atoms with Crippen LogP contribution in [-0.4, -0.2) is 33.1 Å². The van der Waals surface area contributed by atoms with E-state index in [9.17, 15) is 4.79 Å². The molecule has 0 saturated heterocycles. The van der Waals surface area contributed by atoms with Crippen LogP contribution < -0.4 is 5.32 Å².